The molecule has 0 saturated heterocycles. The summed E-state index contributed by atoms with van der Waals surface area (Å²) < 4.78 is 5.28. The Kier molecular flexibility index (Phi) is 6.50. The molecule has 0 aliphatic heterocycles. The first-order chi connectivity index (χ1) is 13.9. The Bertz CT molecular complexity index is 1000. The zero-order valence-electron chi connectivity index (χ0n) is 16.6. The second-order valence-corrected chi connectivity index (χ2v) is 7.20. The molecule has 0 aromatic heterocycles. The minimum absolute atomic E-state index is 0.0421. The van der Waals surface area contributed by atoms with Crippen molar-refractivity contribution in [1.29, 1.82) is 0 Å². The number of carbonyl (C=O) groups excluding carboxylic acids is 2. The quantitative estimate of drug-likeness (QED) is 0.591. The van der Waals surface area contributed by atoms with Crippen molar-refractivity contribution in [2.75, 3.05) is 0 Å². The van der Waals surface area contributed by atoms with Crippen LogP contribution in [0.1, 0.15) is 36.2 Å². The number of carbonyl (C=O) groups is 2. The van der Waals surface area contributed by atoms with Crippen LogP contribution in [0.5, 0.6) is 5.75 Å². The molecule has 3 rings (SSSR count). The summed E-state index contributed by atoms with van der Waals surface area (Å²) in [5.41, 5.74) is 1.25. The number of esters is 1. The predicted molar refractivity (Wildman–Crippen MR) is 113 cm³/mol. The smallest absolute Gasteiger partial charge is 0.342 e. The summed E-state index contributed by atoms with van der Waals surface area (Å²) >= 11 is 0. The number of aromatic hydroxyl groups is 1. The van der Waals surface area contributed by atoms with Crippen molar-refractivity contribution in [3.8, 4) is 5.75 Å². The Morgan fingerprint density at radius 1 is 0.966 bits per heavy atom. The average Bonchev–Trinajstić information content (AvgIpc) is 2.72. The highest BCUT2D eigenvalue weighted by molar-refractivity contribution is 5.99. The molecular weight excluding hydrogens is 366 g/mol. The van der Waals surface area contributed by atoms with Crippen LogP contribution in [-0.4, -0.2) is 29.1 Å². The summed E-state index contributed by atoms with van der Waals surface area (Å²) in [6, 6.07) is 20.5. The number of aryl methyl sites for hydroxylation is 1. The summed E-state index contributed by atoms with van der Waals surface area (Å²) in [5.74, 6) is -1.26. The van der Waals surface area contributed by atoms with Gasteiger partial charge in [-0.1, -0.05) is 54.6 Å². The summed E-state index contributed by atoms with van der Waals surface area (Å²) in [6.45, 7) is 3.44. The Labute approximate surface area is 170 Å². The van der Waals surface area contributed by atoms with Gasteiger partial charge in [0.1, 0.15) is 11.3 Å². The molecule has 0 aliphatic carbocycles. The standard InChI is InChI=1S/C24H25NO4/c1-16(12-13-18-8-4-3-5-9-18)25-23(27)17(2)29-24(28)21-14-19-10-6-7-11-20(19)15-22(21)26/h3-11,14-17,26H,12-13H2,1-2H3,(H,25,27)/t16-,17-/m0/s1. The highest BCUT2D eigenvalue weighted by Crippen LogP contribution is 2.25. The molecule has 0 bridgehead atoms. The molecule has 150 valence electrons. The molecular formula is C24H25NO4. The van der Waals surface area contributed by atoms with E-state index in [1.807, 2.05) is 49.4 Å². The minimum Gasteiger partial charge on any atom is -0.507 e. The van der Waals surface area contributed by atoms with Gasteiger partial charge < -0.3 is 15.2 Å². The molecule has 3 aromatic rings. The Hall–Kier alpha value is -3.34. The fourth-order valence-corrected chi connectivity index (χ4v) is 3.13. The number of phenols is 1. The molecule has 0 unspecified atom stereocenters. The molecule has 0 heterocycles. The van der Waals surface area contributed by atoms with E-state index in [9.17, 15) is 14.7 Å². The minimum atomic E-state index is -0.965. The molecule has 2 N–H and O–H groups in total. The van der Waals surface area contributed by atoms with Crippen molar-refractivity contribution in [2.24, 2.45) is 0 Å². The average molecular weight is 391 g/mol. The van der Waals surface area contributed by atoms with Crippen LogP contribution in [0.3, 0.4) is 0 Å². The molecule has 0 saturated carbocycles. The second-order valence-electron chi connectivity index (χ2n) is 7.20. The summed E-state index contributed by atoms with van der Waals surface area (Å²) in [4.78, 5) is 24.8. The third kappa shape index (κ3) is 5.35. The van der Waals surface area contributed by atoms with Gasteiger partial charge in [0.25, 0.3) is 5.91 Å². The SMILES string of the molecule is C[C@H](OC(=O)c1cc2ccccc2cc1O)C(=O)N[C@@H](C)CCc1ccccc1. The van der Waals surface area contributed by atoms with Gasteiger partial charge >= 0.3 is 5.97 Å². The first-order valence-electron chi connectivity index (χ1n) is 9.71. The van der Waals surface area contributed by atoms with Crippen molar-refractivity contribution >= 4 is 22.6 Å². The van der Waals surface area contributed by atoms with Gasteiger partial charge in [-0.05, 0) is 55.2 Å². The summed E-state index contributed by atoms with van der Waals surface area (Å²) in [6.07, 6.45) is 0.663. The van der Waals surface area contributed by atoms with Crippen molar-refractivity contribution < 1.29 is 19.4 Å². The van der Waals surface area contributed by atoms with Crippen molar-refractivity contribution in [2.45, 2.75) is 38.8 Å². The predicted octanol–water partition coefficient (Wildman–Crippen LogP) is 4.23. The number of hydrogen-bond donors (Lipinski definition) is 2. The van der Waals surface area contributed by atoms with E-state index in [-0.39, 0.29) is 23.3 Å². The van der Waals surface area contributed by atoms with Crippen LogP contribution < -0.4 is 5.32 Å². The van der Waals surface area contributed by atoms with Gasteiger partial charge in [0, 0.05) is 6.04 Å². The maximum atomic E-state index is 12.5. The maximum Gasteiger partial charge on any atom is 0.342 e. The van der Waals surface area contributed by atoms with Crippen molar-refractivity contribution in [3.63, 3.8) is 0 Å². The molecule has 5 nitrogen and oxygen atoms in total. The van der Waals surface area contributed by atoms with Crippen LogP contribution in [0.2, 0.25) is 0 Å². The van der Waals surface area contributed by atoms with Crippen LogP contribution in [0.4, 0.5) is 0 Å². The number of nitrogens with one attached hydrogen (secondary N) is 1. The Balaban J connectivity index is 1.56. The number of amides is 1. The summed E-state index contributed by atoms with van der Waals surface area (Å²) in [7, 11) is 0. The van der Waals surface area contributed by atoms with Crippen LogP contribution in [0, 0.1) is 0 Å². The molecule has 1 amide bonds. The van der Waals surface area contributed by atoms with E-state index in [0.717, 1.165) is 23.6 Å². The number of fused-ring (bicyclic) bond motifs is 1. The molecule has 0 fully saturated rings. The molecule has 0 radical (unpaired) electrons. The van der Waals surface area contributed by atoms with E-state index in [1.165, 1.54) is 18.6 Å². The van der Waals surface area contributed by atoms with Crippen LogP contribution in [-0.2, 0) is 16.0 Å². The summed E-state index contributed by atoms with van der Waals surface area (Å²) in [5, 5.41) is 14.7. The first-order valence-corrected chi connectivity index (χ1v) is 9.71. The Morgan fingerprint density at radius 2 is 1.59 bits per heavy atom. The van der Waals surface area contributed by atoms with Gasteiger partial charge in [-0.15, -0.1) is 0 Å². The highest BCUT2D eigenvalue weighted by Gasteiger charge is 2.22. The lowest BCUT2D eigenvalue weighted by Crippen LogP contribution is -2.41. The van der Waals surface area contributed by atoms with E-state index >= 15 is 0 Å². The zero-order chi connectivity index (χ0) is 20.8. The van der Waals surface area contributed by atoms with Gasteiger partial charge in [0.15, 0.2) is 6.10 Å². The molecule has 0 spiro atoms. The fraction of sp³-hybridized carbons (Fsp3) is 0.250. The number of hydrogen-bond acceptors (Lipinski definition) is 4. The second kappa shape index (κ2) is 9.24. The van der Waals surface area contributed by atoms with Crippen molar-refractivity contribution in [1.82, 2.24) is 5.32 Å². The van der Waals surface area contributed by atoms with E-state index in [1.54, 1.807) is 6.07 Å². The van der Waals surface area contributed by atoms with E-state index in [0.29, 0.717) is 0 Å². The highest BCUT2D eigenvalue weighted by atomic mass is 16.5. The molecule has 29 heavy (non-hydrogen) atoms. The van der Waals surface area contributed by atoms with Crippen LogP contribution in [0.15, 0.2) is 66.7 Å². The lowest BCUT2D eigenvalue weighted by molar-refractivity contribution is -0.129. The number of ether oxygens (including phenoxy) is 1. The van der Waals surface area contributed by atoms with Crippen LogP contribution >= 0.6 is 0 Å². The Morgan fingerprint density at radius 3 is 2.28 bits per heavy atom. The monoisotopic (exact) mass is 391 g/mol. The molecule has 2 atom stereocenters. The fourth-order valence-electron chi connectivity index (χ4n) is 3.13. The molecule has 0 aliphatic rings. The van der Waals surface area contributed by atoms with Gasteiger partial charge in [-0.2, -0.15) is 0 Å². The molecule has 5 heteroatoms. The van der Waals surface area contributed by atoms with Gasteiger partial charge in [-0.3, -0.25) is 4.79 Å². The number of benzene rings is 3. The van der Waals surface area contributed by atoms with Crippen LogP contribution in [0.25, 0.3) is 10.8 Å². The molecule has 3 aromatic carbocycles. The van der Waals surface area contributed by atoms with E-state index < -0.39 is 12.1 Å². The zero-order valence-corrected chi connectivity index (χ0v) is 16.6. The lowest BCUT2D eigenvalue weighted by Gasteiger charge is -2.18. The normalized spacial score (nSPS) is 12.9. The number of rotatable bonds is 7. The topological polar surface area (TPSA) is 75.6 Å². The number of phenolic OH excluding ortho intramolecular Hbond substituents is 1. The third-order valence-electron chi connectivity index (χ3n) is 4.83. The maximum absolute atomic E-state index is 12.5. The first kappa shape index (κ1) is 20.4. The lowest BCUT2D eigenvalue weighted by atomic mass is 10.1. The largest absolute Gasteiger partial charge is 0.507 e. The van der Waals surface area contributed by atoms with E-state index in [2.05, 4.69) is 17.4 Å². The third-order valence-corrected chi connectivity index (χ3v) is 4.83. The van der Waals surface area contributed by atoms with E-state index in [4.69, 9.17) is 4.74 Å². The van der Waals surface area contributed by atoms with Crippen molar-refractivity contribution in [3.05, 3.63) is 77.9 Å². The van der Waals surface area contributed by atoms with Gasteiger partial charge in [-0.25, -0.2) is 4.79 Å². The van der Waals surface area contributed by atoms with Gasteiger partial charge in [0.05, 0.1) is 0 Å². The van der Waals surface area contributed by atoms with Gasteiger partial charge in [0.2, 0.25) is 0 Å².